The second-order valence-electron chi connectivity index (χ2n) is 5.43. The van der Waals surface area contributed by atoms with Gasteiger partial charge >= 0.3 is 0 Å². The maximum Gasteiger partial charge on any atom is 0.285 e. The number of halogens is 1. The summed E-state index contributed by atoms with van der Waals surface area (Å²) in [6.07, 6.45) is 1.62. The summed E-state index contributed by atoms with van der Waals surface area (Å²) in [4.78, 5) is 27.4. The van der Waals surface area contributed by atoms with E-state index in [-0.39, 0.29) is 18.0 Å². The molecule has 0 saturated carbocycles. The minimum atomic E-state index is -0.559. The van der Waals surface area contributed by atoms with Gasteiger partial charge in [-0.15, -0.1) is 17.9 Å². The Hall–Kier alpha value is -2.43. The summed E-state index contributed by atoms with van der Waals surface area (Å²) in [6, 6.07) is 5.51. The first-order valence-electron chi connectivity index (χ1n) is 7.48. The van der Waals surface area contributed by atoms with E-state index in [0.717, 1.165) is 9.56 Å². The third-order valence-electron chi connectivity index (χ3n) is 3.71. The van der Waals surface area contributed by atoms with Gasteiger partial charge in [-0.3, -0.25) is 9.59 Å². The zero-order valence-electron chi connectivity index (χ0n) is 14.0. The molecule has 0 aliphatic heterocycles. The van der Waals surface area contributed by atoms with Gasteiger partial charge in [0, 0.05) is 11.4 Å². The van der Waals surface area contributed by atoms with E-state index in [0.29, 0.717) is 28.7 Å². The molecule has 2 aromatic heterocycles. The molecule has 6 nitrogen and oxygen atoms in total. The van der Waals surface area contributed by atoms with Gasteiger partial charge in [-0.25, -0.2) is 4.68 Å². The van der Waals surface area contributed by atoms with E-state index in [1.807, 2.05) is 12.1 Å². The van der Waals surface area contributed by atoms with Gasteiger partial charge in [0.25, 0.3) is 5.56 Å². The minimum absolute atomic E-state index is 0.0145. The normalized spacial score (nSPS) is 10.3. The average Bonchev–Trinajstić information content (AvgIpc) is 2.98. The van der Waals surface area contributed by atoms with Crippen molar-refractivity contribution in [2.45, 2.75) is 26.9 Å². The number of aromatic nitrogens is 2. The van der Waals surface area contributed by atoms with E-state index >= 15 is 0 Å². The predicted molar refractivity (Wildman–Crippen MR) is 97.6 cm³/mol. The Labute approximate surface area is 154 Å². The summed E-state index contributed by atoms with van der Waals surface area (Å²) in [5.41, 5.74) is 0.536. The molecule has 0 aromatic carbocycles. The molecule has 25 heavy (non-hydrogen) atoms. The van der Waals surface area contributed by atoms with Gasteiger partial charge in [-0.05, 0) is 31.5 Å². The fourth-order valence-electron chi connectivity index (χ4n) is 2.27. The van der Waals surface area contributed by atoms with Crippen LogP contribution in [0.2, 0.25) is 4.34 Å². The van der Waals surface area contributed by atoms with Crippen LogP contribution in [0.15, 0.2) is 29.6 Å². The molecule has 0 spiro atoms. The van der Waals surface area contributed by atoms with Crippen LogP contribution in [0.5, 0.6) is 0 Å². The maximum absolute atomic E-state index is 12.6. The highest BCUT2D eigenvalue weighted by atomic mass is 35.5. The Morgan fingerprint density at radius 2 is 2.24 bits per heavy atom. The van der Waals surface area contributed by atoms with Crippen LogP contribution in [0.3, 0.4) is 0 Å². The zero-order chi connectivity index (χ0) is 18.6. The number of aryl methyl sites for hydroxylation is 1. The Balaban J connectivity index is 2.27. The van der Waals surface area contributed by atoms with Crippen molar-refractivity contribution in [3.63, 3.8) is 0 Å². The number of hydrogen-bond acceptors (Lipinski definition) is 5. The lowest BCUT2D eigenvalue weighted by Gasteiger charge is -2.21. The highest BCUT2D eigenvalue weighted by Gasteiger charge is 2.18. The van der Waals surface area contributed by atoms with Crippen molar-refractivity contribution in [1.82, 2.24) is 14.7 Å². The molecule has 0 saturated heterocycles. The van der Waals surface area contributed by atoms with Gasteiger partial charge in [0.15, 0.2) is 0 Å². The summed E-state index contributed by atoms with van der Waals surface area (Å²) in [7, 11) is 0. The molecule has 130 valence electrons. The quantitative estimate of drug-likeness (QED) is 0.726. The van der Waals surface area contributed by atoms with Crippen molar-refractivity contribution in [2.75, 3.05) is 6.54 Å². The molecule has 2 aromatic rings. The van der Waals surface area contributed by atoms with Crippen LogP contribution in [0.1, 0.15) is 21.7 Å². The molecule has 0 aliphatic carbocycles. The minimum Gasteiger partial charge on any atom is -0.332 e. The molecule has 2 rings (SSSR count). The second-order valence-corrected chi connectivity index (χ2v) is 7.23. The lowest BCUT2D eigenvalue weighted by atomic mass is 10.1. The van der Waals surface area contributed by atoms with Crippen molar-refractivity contribution in [1.29, 1.82) is 5.26 Å². The van der Waals surface area contributed by atoms with Crippen LogP contribution in [0.4, 0.5) is 0 Å². The number of nitrogens with zero attached hydrogens (tertiary/aromatic N) is 4. The maximum atomic E-state index is 12.6. The van der Waals surface area contributed by atoms with E-state index in [9.17, 15) is 9.59 Å². The first kappa shape index (κ1) is 18.9. The Morgan fingerprint density at radius 1 is 1.52 bits per heavy atom. The fraction of sp³-hybridized carbons (Fsp3) is 0.294. The van der Waals surface area contributed by atoms with Crippen molar-refractivity contribution < 1.29 is 4.79 Å². The number of amides is 1. The molecular weight excluding hydrogens is 360 g/mol. The lowest BCUT2D eigenvalue weighted by molar-refractivity contribution is -0.132. The summed E-state index contributed by atoms with van der Waals surface area (Å²) in [5.74, 6) is -0.286. The van der Waals surface area contributed by atoms with Crippen LogP contribution < -0.4 is 5.56 Å². The molecule has 0 N–H and O–H groups in total. The van der Waals surface area contributed by atoms with Crippen LogP contribution in [0.25, 0.3) is 0 Å². The molecule has 0 atom stereocenters. The van der Waals surface area contributed by atoms with E-state index in [1.54, 1.807) is 30.9 Å². The van der Waals surface area contributed by atoms with Crippen LogP contribution >= 0.6 is 22.9 Å². The molecular formula is C17H17ClN4O2S. The SMILES string of the molecule is C=CCN(Cc1ccc(Cl)s1)C(=O)Cn1nc(C)c(C)c(C#N)c1=O. The molecule has 0 unspecified atom stereocenters. The first-order valence-corrected chi connectivity index (χ1v) is 8.68. The van der Waals surface area contributed by atoms with E-state index < -0.39 is 5.56 Å². The molecule has 2 heterocycles. The monoisotopic (exact) mass is 376 g/mol. The topological polar surface area (TPSA) is 79.0 Å². The molecule has 8 heteroatoms. The Kier molecular flexibility index (Phi) is 6.12. The van der Waals surface area contributed by atoms with Gasteiger partial charge in [0.05, 0.1) is 16.6 Å². The summed E-state index contributed by atoms with van der Waals surface area (Å²) >= 11 is 7.31. The van der Waals surface area contributed by atoms with E-state index in [2.05, 4.69) is 11.7 Å². The Morgan fingerprint density at radius 3 is 2.80 bits per heavy atom. The molecule has 0 fully saturated rings. The van der Waals surface area contributed by atoms with Gasteiger partial charge < -0.3 is 4.90 Å². The average molecular weight is 377 g/mol. The van der Waals surface area contributed by atoms with Crippen molar-refractivity contribution in [3.05, 3.63) is 61.2 Å². The van der Waals surface area contributed by atoms with Gasteiger partial charge in [0.2, 0.25) is 5.91 Å². The van der Waals surface area contributed by atoms with Gasteiger partial charge in [0.1, 0.15) is 18.2 Å². The van der Waals surface area contributed by atoms with Crippen LogP contribution in [0, 0.1) is 25.2 Å². The molecule has 0 bridgehead atoms. The third-order valence-corrected chi connectivity index (χ3v) is 4.93. The largest absolute Gasteiger partial charge is 0.332 e. The molecule has 0 aliphatic rings. The number of nitriles is 1. The number of carbonyl (C=O) groups is 1. The van der Waals surface area contributed by atoms with Crippen LogP contribution in [-0.4, -0.2) is 27.1 Å². The van der Waals surface area contributed by atoms with E-state index in [4.69, 9.17) is 16.9 Å². The van der Waals surface area contributed by atoms with E-state index in [1.165, 1.54) is 11.3 Å². The smallest absolute Gasteiger partial charge is 0.285 e. The summed E-state index contributed by atoms with van der Waals surface area (Å²) < 4.78 is 1.69. The summed E-state index contributed by atoms with van der Waals surface area (Å²) in [5, 5.41) is 13.3. The predicted octanol–water partition coefficient (Wildman–Crippen LogP) is 2.66. The van der Waals surface area contributed by atoms with Crippen LogP contribution in [-0.2, 0) is 17.9 Å². The number of carbonyl (C=O) groups excluding carboxylic acids is 1. The summed E-state index contributed by atoms with van der Waals surface area (Å²) in [6.45, 7) is 7.50. The first-order chi connectivity index (χ1) is 11.9. The molecule has 0 radical (unpaired) electrons. The second kappa shape index (κ2) is 8.10. The zero-order valence-corrected chi connectivity index (χ0v) is 15.5. The molecule has 1 amide bonds. The van der Waals surface area contributed by atoms with Crippen molar-refractivity contribution in [3.8, 4) is 6.07 Å². The van der Waals surface area contributed by atoms with Crippen molar-refractivity contribution >= 4 is 28.8 Å². The number of rotatable bonds is 6. The van der Waals surface area contributed by atoms with Gasteiger partial charge in [-0.2, -0.15) is 10.4 Å². The van der Waals surface area contributed by atoms with Crippen molar-refractivity contribution in [2.24, 2.45) is 0 Å². The lowest BCUT2D eigenvalue weighted by Crippen LogP contribution is -2.38. The van der Waals surface area contributed by atoms with Gasteiger partial charge in [-0.1, -0.05) is 17.7 Å². The number of thiophene rings is 1. The third kappa shape index (κ3) is 4.35. The standard InChI is InChI=1S/C17H17ClN4O2S/c1-4-7-21(9-13-5-6-15(18)25-13)16(23)10-22-17(24)14(8-19)11(2)12(3)20-22/h4-6H,1,7,9-10H2,2-3H3. The highest BCUT2D eigenvalue weighted by Crippen LogP contribution is 2.22. The number of hydrogen-bond donors (Lipinski definition) is 0. The Bertz CT molecular complexity index is 910. The highest BCUT2D eigenvalue weighted by molar-refractivity contribution is 7.16. The fourth-order valence-corrected chi connectivity index (χ4v) is 3.38.